The summed E-state index contributed by atoms with van der Waals surface area (Å²) in [5.41, 5.74) is 10.2. The van der Waals surface area contributed by atoms with Crippen LogP contribution >= 0.6 is 0 Å². The van der Waals surface area contributed by atoms with Crippen LogP contribution in [0.15, 0.2) is 53.6 Å². The fourth-order valence-corrected chi connectivity index (χ4v) is 4.79. The van der Waals surface area contributed by atoms with E-state index in [0.29, 0.717) is 5.69 Å². The quantitative estimate of drug-likeness (QED) is 0.423. The number of anilines is 1. The number of aromatic nitrogens is 1. The van der Waals surface area contributed by atoms with Gasteiger partial charge in [-0.25, -0.2) is 13.8 Å². The summed E-state index contributed by atoms with van der Waals surface area (Å²) < 4.78 is 27.8. The summed E-state index contributed by atoms with van der Waals surface area (Å²) in [7, 11) is -3.64. The molecule has 1 amide bonds. The molecule has 0 fully saturated rings. The molecular formula is C25H30N4O3S. The van der Waals surface area contributed by atoms with E-state index in [0.717, 1.165) is 38.8 Å². The fourth-order valence-electron chi connectivity index (χ4n) is 3.94. The van der Waals surface area contributed by atoms with Gasteiger partial charge in [-0.05, 0) is 69.5 Å². The molecule has 0 unspecified atom stereocenters. The molecule has 0 bridgehead atoms. The largest absolute Gasteiger partial charge is 0.317 e. The number of carbonyl (C=O) groups excluding carboxylic acids is 1. The Hall–Kier alpha value is -3.39. The van der Waals surface area contributed by atoms with Crippen LogP contribution in [0.3, 0.4) is 0 Å². The van der Waals surface area contributed by atoms with Crippen molar-refractivity contribution in [3.8, 4) is 5.69 Å². The highest BCUT2D eigenvalue weighted by molar-refractivity contribution is 7.92. The zero-order valence-corrected chi connectivity index (χ0v) is 20.7. The first-order valence-electron chi connectivity index (χ1n) is 10.6. The number of nitrogens with zero attached hydrogens (tertiary/aromatic N) is 3. The Labute approximate surface area is 195 Å². The second kappa shape index (κ2) is 9.62. The Bertz CT molecular complexity index is 1300. The average Bonchev–Trinajstić information content (AvgIpc) is 2.99. The highest BCUT2D eigenvalue weighted by Crippen LogP contribution is 2.25. The van der Waals surface area contributed by atoms with Crippen molar-refractivity contribution in [3.05, 3.63) is 82.2 Å². The second-order valence-corrected chi connectivity index (χ2v) is 10.2. The minimum absolute atomic E-state index is 0.360. The number of nitrogens with one attached hydrogen (secondary N) is 1. The Balaban J connectivity index is 1.78. The number of aryl methyl sites for hydroxylation is 4. The number of hydrogen-bond donors (Lipinski definition) is 1. The summed E-state index contributed by atoms with van der Waals surface area (Å²) in [6, 6.07) is 15.2. The monoisotopic (exact) mass is 466 g/mol. The molecule has 1 heterocycles. The third kappa shape index (κ3) is 5.51. The summed E-state index contributed by atoms with van der Waals surface area (Å²) in [6.07, 6.45) is 2.66. The number of para-hydroxylation sites is 1. The second-order valence-electron chi connectivity index (χ2n) is 8.30. The van der Waals surface area contributed by atoms with Crippen molar-refractivity contribution in [2.75, 3.05) is 17.1 Å². The van der Waals surface area contributed by atoms with Crippen LogP contribution in [0.4, 0.5) is 5.69 Å². The molecule has 1 aromatic heterocycles. The Morgan fingerprint density at radius 2 is 1.67 bits per heavy atom. The lowest BCUT2D eigenvalue weighted by Crippen LogP contribution is -2.39. The molecule has 33 heavy (non-hydrogen) atoms. The number of hydrazone groups is 1. The summed E-state index contributed by atoms with van der Waals surface area (Å²) >= 11 is 0. The van der Waals surface area contributed by atoms with Gasteiger partial charge >= 0.3 is 0 Å². The van der Waals surface area contributed by atoms with Gasteiger partial charge in [0.15, 0.2) is 0 Å². The number of amides is 1. The molecule has 0 radical (unpaired) electrons. The predicted molar refractivity (Wildman–Crippen MR) is 134 cm³/mol. The molecule has 0 saturated carbocycles. The number of benzene rings is 2. The first-order valence-corrected chi connectivity index (χ1v) is 12.5. The van der Waals surface area contributed by atoms with Crippen molar-refractivity contribution in [2.24, 2.45) is 5.10 Å². The van der Waals surface area contributed by atoms with Gasteiger partial charge in [-0.1, -0.05) is 30.3 Å². The lowest BCUT2D eigenvalue weighted by atomic mass is 10.1. The maximum absolute atomic E-state index is 12.5. The minimum atomic E-state index is -3.64. The standard InChI is InChI=1S/C25H30N4O3S/c1-17-9-7-12-23(13-17)28(33(6,31)32)16-24(30)27-26-15-22-14-20(4)29(21(22)5)25-18(2)10-8-11-19(25)3/h7-15H,16H2,1-6H3,(H,27,30)/b26-15-. The van der Waals surface area contributed by atoms with E-state index in [1.165, 1.54) is 11.1 Å². The summed E-state index contributed by atoms with van der Waals surface area (Å²) in [4.78, 5) is 12.5. The first-order chi connectivity index (χ1) is 15.5. The van der Waals surface area contributed by atoms with E-state index in [1.54, 1.807) is 24.4 Å². The zero-order chi connectivity index (χ0) is 24.3. The molecule has 0 aliphatic rings. The van der Waals surface area contributed by atoms with Crippen molar-refractivity contribution in [1.82, 2.24) is 9.99 Å². The van der Waals surface area contributed by atoms with Gasteiger partial charge in [-0.2, -0.15) is 5.10 Å². The summed E-state index contributed by atoms with van der Waals surface area (Å²) in [6.45, 7) is 9.70. The molecule has 0 saturated heterocycles. The van der Waals surface area contributed by atoms with Crippen molar-refractivity contribution in [1.29, 1.82) is 0 Å². The van der Waals surface area contributed by atoms with Crippen LogP contribution in [-0.4, -0.2) is 37.9 Å². The molecule has 7 nitrogen and oxygen atoms in total. The molecule has 3 aromatic rings. The molecular weight excluding hydrogens is 436 g/mol. The van der Waals surface area contributed by atoms with Crippen LogP contribution in [0.5, 0.6) is 0 Å². The molecule has 174 valence electrons. The van der Waals surface area contributed by atoms with Crippen LogP contribution in [-0.2, 0) is 14.8 Å². The maximum atomic E-state index is 12.5. The van der Waals surface area contributed by atoms with E-state index in [1.807, 2.05) is 39.0 Å². The number of carbonyl (C=O) groups is 1. The van der Waals surface area contributed by atoms with Crippen LogP contribution in [0, 0.1) is 34.6 Å². The first kappa shape index (κ1) is 24.3. The minimum Gasteiger partial charge on any atom is -0.317 e. The number of rotatable bonds is 7. The zero-order valence-electron chi connectivity index (χ0n) is 19.9. The van der Waals surface area contributed by atoms with Gasteiger partial charge in [-0.3, -0.25) is 9.10 Å². The molecule has 0 atom stereocenters. The van der Waals surface area contributed by atoms with Gasteiger partial charge in [0.2, 0.25) is 10.0 Å². The number of hydrogen-bond acceptors (Lipinski definition) is 4. The van der Waals surface area contributed by atoms with Crippen LogP contribution in [0.2, 0.25) is 0 Å². The third-order valence-corrected chi connectivity index (χ3v) is 6.64. The number of sulfonamides is 1. The van der Waals surface area contributed by atoms with Crippen LogP contribution in [0.1, 0.15) is 33.6 Å². The Kier molecular flexibility index (Phi) is 7.07. The molecule has 0 aliphatic carbocycles. The Morgan fingerprint density at radius 1 is 1.03 bits per heavy atom. The highest BCUT2D eigenvalue weighted by Gasteiger charge is 2.21. The normalized spacial score (nSPS) is 11.7. The molecule has 2 aromatic carbocycles. The van der Waals surface area contributed by atoms with Crippen LogP contribution in [0.25, 0.3) is 5.69 Å². The molecule has 0 spiro atoms. The van der Waals surface area contributed by atoms with E-state index in [9.17, 15) is 13.2 Å². The maximum Gasteiger partial charge on any atom is 0.260 e. The molecule has 0 aliphatic heterocycles. The van der Waals surface area contributed by atoms with Crippen molar-refractivity contribution >= 4 is 27.8 Å². The van der Waals surface area contributed by atoms with Crippen molar-refractivity contribution in [3.63, 3.8) is 0 Å². The van der Waals surface area contributed by atoms with Crippen molar-refractivity contribution in [2.45, 2.75) is 34.6 Å². The summed E-state index contributed by atoms with van der Waals surface area (Å²) in [5, 5.41) is 4.08. The SMILES string of the molecule is Cc1cccc(N(CC(=O)N/N=C\c2cc(C)n(-c3c(C)cccc3C)c2C)S(C)(=O)=O)c1. The third-order valence-electron chi connectivity index (χ3n) is 5.50. The Morgan fingerprint density at radius 3 is 2.27 bits per heavy atom. The molecule has 3 rings (SSSR count). The van der Waals surface area contributed by atoms with Crippen molar-refractivity contribution < 1.29 is 13.2 Å². The predicted octanol–water partition coefficient (Wildman–Crippen LogP) is 3.94. The lowest BCUT2D eigenvalue weighted by Gasteiger charge is -2.21. The van der Waals surface area contributed by atoms with Gasteiger partial charge in [0.05, 0.1) is 23.8 Å². The lowest BCUT2D eigenvalue weighted by molar-refractivity contribution is -0.119. The van der Waals surface area contributed by atoms with E-state index in [2.05, 4.69) is 41.1 Å². The van der Waals surface area contributed by atoms with Gasteiger partial charge in [0.1, 0.15) is 6.54 Å². The topological polar surface area (TPSA) is 83.8 Å². The van der Waals surface area contributed by atoms with Gasteiger partial charge in [-0.15, -0.1) is 0 Å². The van der Waals surface area contributed by atoms with E-state index < -0.39 is 15.9 Å². The average molecular weight is 467 g/mol. The smallest absolute Gasteiger partial charge is 0.260 e. The summed E-state index contributed by atoms with van der Waals surface area (Å²) in [5.74, 6) is -0.526. The fraction of sp³-hybridized carbons (Fsp3) is 0.280. The van der Waals surface area contributed by atoms with E-state index in [-0.39, 0.29) is 6.54 Å². The van der Waals surface area contributed by atoms with E-state index in [4.69, 9.17) is 0 Å². The molecule has 8 heteroatoms. The van der Waals surface area contributed by atoms with Gasteiger partial charge in [0.25, 0.3) is 5.91 Å². The molecule has 1 N–H and O–H groups in total. The highest BCUT2D eigenvalue weighted by atomic mass is 32.2. The van der Waals surface area contributed by atoms with Gasteiger partial charge in [0, 0.05) is 17.0 Å². The van der Waals surface area contributed by atoms with E-state index >= 15 is 0 Å². The van der Waals surface area contributed by atoms with Crippen LogP contribution < -0.4 is 9.73 Å². The van der Waals surface area contributed by atoms with Gasteiger partial charge < -0.3 is 4.57 Å².